The number of carbonyl (C=O) groups is 1. The van der Waals surface area contributed by atoms with Crippen LogP contribution < -0.4 is 10.2 Å². The Kier molecular flexibility index (Phi) is 20.4. The molecule has 0 spiro atoms. The molecule has 0 aliphatic rings. The van der Waals surface area contributed by atoms with Crippen LogP contribution >= 0.6 is 0 Å². The molecule has 0 atom stereocenters. The highest BCUT2D eigenvalue weighted by molar-refractivity contribution is 5.76. The van der Waals surface area contributed by atoms with Gasteiger partial charge in [-0.05, 0) is 30.7 Å². The molecule has 0 bridgehead atoms. The van der Waals surface area contributed by atoms with Crippen molar-refractivity contribution in [2.75, 3.05) is 32.1 Å². The second kappa shape index (κ2) is 23.9. The van der Waals surface area contributed by atoms with E-state index in [1.54, 1.807) is 6.20 Å². The second-order valence-corrected chi connectivity index (χ2v) is 12.3. The molecule has 7 heteroatoms. The highest BCUT2D eigenvalue weighted by Gasteiger charge is 2.13. The molecule has 0 fully saturated rings. The third-order valence-corrected chi connectivity index (χ3v) is 8.10. The number of hydrogen-bond donors (Lipinski definition) is 2. The molecule has 2 heterocycles. The maximum absolute atomic E-state index is 12.6. The first-order valence-electron chi connectivity index (χ1n) is 17.2. The number of hydrogen-bond acceptors (Lipinski definition) is 6. The van der Waals surface area contributed by atoms with Crippen LogP contribution in [0.15, 0.2) is 36.5 Å². The van der Waals surface area contributed by atoms with Gasteiger partial charge in [-0.15, -0.1) is 0 Å². The van der Waals surface area contributed by atoms with Crippen molar-refractivity contribution in [2.45, 2.75) is 136 Å². The monoisotopic (exact) mass is 595 g/mol. The van der Waals surface area contributed by atoms with E-state index >= 15 is 0 Å². The summed E-state index contributed by atoms with van der Waals surface area (Å²) in [7, 11) is 3.96. The number of carbonyl (C=O) groups excluding carboxylic acids is 1. The number of pyridine rings is 2. The lowest BCUT2D eigenvalue weighted by molar-refractivity contribution is -0.121. The van der Waals surface area contributed by atoms with Crippen LogP contribution in [0.25, 0.3) is 0 Å². The van der Waals surface area contributed by atoms with E-state index in [-0.39, 0.29) is 12.5 Å². The minimum absolute atomic E-state index is 0.0954. The zero-order chi connectivity index (χ0) is 31.0. The van der Waals surface area contributed by atoms with Gasteiger partial charge in [0.1, 0.15) is 0 Å². The summed E-state index contributed by atoms with van der Waals surface area (Å²) in [4.78, 5) is 26.0. The van der Waals surface area contributed by atoms with E-state index in [4.69, 9.17) is 0 Å². The van der Waals surface area contributed by atoms with Crippen molar-refractivity contribution < 1.29 is 9.90 Å². The van der Waals surface area contributed by atoms with E-state index in [9.17, 15) is 9.90 Å². The lowest BCUT2D eigenvalue weighted by Crippen LogP contribution is -2.31. The average Bonchev–Trinajstić information content (AvgIpc) is 3.01. The average molecular weight is 596 g/mol. The Morgan fingerprint density at radius 1 is 0.767 bits per heavy atom. The van der Waals surface area contributed by atoms with Gasteiger partial charge in [0.15, 0.2) is 0 Å². The minimum Gasteiger partial charge on any atom is -0.390 e. The van der Waals surface area contributed by atoms with E-state index in [0.29, 0.717) is 31.7 Å². The van der Waals surface area contributed by atoms with Gasteiger partial charge in [0, 0.05) is 58.6 Å². The molecule has 0 radical (unpaired) electrons. The zero-order valence-electron chi connectivity index (χ0n) is 27.7. The third kappa shape index (κ3) is 18.0. The third-order valence-electron chi connectivity index (χ3n) is 8.10. The fraction of sp³-hybridized carbons (Fsp3) is 0.694. The van der Waals surface area contributed by atoms with Gasteiger partial charge >= 0.3 is 0 Å². The molecule has 43 heavy (non-hydrogen) atoms. The lowest BCUT2D eigenvalue weighted by Gasteiger charge is -2.23. The first-order valence-corrected chi connectivity index (χ1v) is 17.2. The highest BCUT2D eigenvalue weighted by atomic mass is 16.3. The van der Waals surface area contributed by atoms with Crippen molar-refractivity contribution in [1.29, 1.82) is 0 Å². The normalized spacial score (nSPS) is 11.3. The molecule has 0 unspecified atom stereocenters. The molecule has 0 aliphatic heterocycles. The Bertz CT molecular complexity index is 969. The van der Waals surface area contributed by atoms with Gasteiger partial charge in [0.25, 0.3) is 0 Å². The van der Waals surface area contributed by atoms with Crippen LogP contribution in [0.3, 0.4) is 0 Å². The Labute approximate surface area is 262 Å². The van der Waals surface area contributed by atoms with Crippen molar-refractivity contribution in [1.82, 2.24) is 20.2 Å². The standard InChI is InChI=1S/C36H61N5O2/c1-4-5-6-7-8-9-10-11-12-13-14-15-16-17-18-20-25-38-36(43)23-26-41(29-32-22-19-21-24-37-32)30-33-27-35(40(2)3)28-34(31-42)39-33/h19,21-22,24,27-28,42H,4-18,20,23,25-26,29-31H2,1-3H3,(H,38,43). The summed E-state index contributed by atoms with van der Waals surface area (Å²) in [6.45, 7) is 4.77. The zero-order valence-corrected chi connectivity index (χ0v) is 27.7. The largest absolute Gasteiger partial charge is 0.390 e. The van der Waals surface area contributed by atoms with E-state index in [1.807, 2.05) is 49.3 Å². The first kappa shape index (κ1) is 36.7. The van der Waals surface area contributed by atoms with Crippen LogP contribution in [-0.2, 0) is 24.5 Å². The molecule has 2 aromatic heterocycles. The fourth-order valence-electron chi connectivity index (χ4n) is 5.47. The Balaban J connectivity index is 1.59. The highest BCUT2D eigenvalue weighted by Crippen LogP contribution is 2.18. The number of anilines is 1. The Morgan fingerprint density at radius 2 is 1.33 bits per heavy atom. The summed E-state index contributed by atoms with van der Waals surface area (Å²) in [6.07, 6.45) is 23.9. The van der Waals surface area contributed by atoms with Crippen LogP contribution in [0, 0.1) is 0 Å². The van der Waals surface area contributed by atoms with Crippen molar-refractivity contribution in [3.8, 4) is 0 Å². The minimum atomic E-state index is -0.101. The summed E-state index contributed by atoms with van der Waals surface area (Å²) < 4.78 is 0. The molecule has 7 nitrogen and oxygen atoms in total. The van der Waals surface area contributed by atoms with Crippen LogP contribution in [0.1, 0.15) is 133 Å². The molecule has 242 valence electrons. The number of nitrogens with zero attached hydrogens (tertiary/aromatic N) is 4. The molecular weight excluding hydrogens is 534 g/mol. The molecule has 2 aromatic rings. The lowest BCUT2D eigenvalue weighted by atomic mass is 10.0. The molecule has 0 saturated heterocycles. The molecule has 0 aliphatic carbocycles. The van der Waals surface area contributed by atoms with Gasteiger partial charge < -0.3 is 15.3 Å². The molecule has 0 aromatic carbocycles. The molecular formula is C36H61N5O2. The molecule has 1 amide bonds. The summed E-state index contributed by atoms with van der Waals surface area (Å²) in [5.41, 5.74) is 3.49. The van der Waals surface area contributed by atoms with E-state index in [0.717, 1.165) is 30.0 Å². The summed E-state index contributed by atoms with van der Waals surface area (Å²) in [5.74, 6) is 0.0954. The van der Waals surface area contributed by atoms with E-state index < -0.39 is 0 Å². The quantitative estimate of drug-likeness (QED) is 0.108. The number of nitrogens with one attached hydrogen (secondary N) is 1. The fourth-order valence-corrected chi connectivity index (χ4v) is 5.47. The first-order chi connectivity index (χ1) is 21.0. The van der Waals surface area contributed by atoms with Crippen LogP contribution in [0.2, 0.25) is 0 Å². The Hall–Kier alpha value is -2.51. The van der Waals surface area contributed by atoms with Crippen LogP contribution in [0.4, 0.5) is 5.69 Å². The number of amides is 1. The second-order valence-electron chi connectivity index (χ2n) is 12.3. The number of aliphatic hydroxyl groups is 1. The van der Waals surface area contributed by atoms with Crippen molar-refractivity contribution in [3.05, 3.63) is 53.6 Å². The van der Waals surface area contributed by atoms with Gasteiger partial charge in [-0.2, -0.15) is 0 Å². The summed E-state index contributed by atoms with van der Waals surface area (Å²) >= 11 is 0. The van der Waals surface area contributed by atoms with Crippen LogP contribution in [-0.4, -0.2) is 53.1 Å². The number of unbranched alkanes of at least 4 members (excludes halogenated alkanes) is 15. The summed E-state index contributed by atoms with van der Waals surface area (Å²) in [5, 5.41) is 12.8. The van der Waals surface area contributed by atoms with Crippen molar-refractivity contribution in [3.63, 3.8) is 0 Å². The van der Waals surface area contributed by atoms with Crippen molar-refractivity contribution in [2.24, 2.45) is 0 Å². The van der Waals surface area contributed by atoms with Gasteiger partial charge in [0.2, 0.25) is 5.91 Å². The molecule has 2 N–H and O–H groups in total. The maximum atomic E-state index is 12.6. The maximum Gasteiger partial charge on any atom is 0.221 e. The number of aliphatic hydroxyl groups excluding tert-OH is 1. The van der Waals surface area contributed by atoms with Gasteiger partial charge in [-0.25, -0.2) is 0 Å². The number of aromatic nitrogens is 2. The smallest absolute Gasteiger partial charge is 0.221 e. The van der Waals surface area contributed by atoms with Gasteiger partial charge in [0.05, 0.1) is 23.7 Å². The molecule has 0 saturated carbocycles. The van der Waals surface area contributed by atoms with Crippen molar-refractivity contribution >= 4 is 11.6 Å². The van der Waals surface area contributed by atoms with Gasteiger partial charge in [-0.3, -0.25) is 19.7 Å². The van der Waals surface area contributed by atoms with Gasteiger partial charge in [-0.1, -0.05) is 109 Å². The van der Waals surface area contributed by atoms with E-state index in [2.05, 4.69) is 27.1 Å². The molecule has 2 rings (SSSR count). The Morgan fingerprint density at radius 3 is 1.86 bits per heavy atom. The van der Waals surface area contributed by atoms with Crippen LogP contribution in [0.5, 0.6) is 0 Å². The predicted octanol–water partition coefficient (Wildman–Crippen LogP) is 7.80. The predicted molar refractivity (Wildman–Crippen MR) is 180 cm³/mol. The SMILES string of the molecule is CCCCCCCCCCCCCCCCCCNC(=O)CCN(Cc1ccccn1)Cc1cc(N(C)C)cc(CO)n1. The number of rotatable bonds is 26. The summed E-state index contributed by atoms with van der Waals surface area (Å²) in [6, 6.07) is 9.85. The van der Waals surface area contributed by atoms with E-state index in [1.165, 1.54) is 96.3 Å². The topological polar surface area (TPSA) is 81.6 Å².